The predicted octanol–water partition coefficient (Wildman–Crippen LogP) is 4.73. The largest absolute Gasteiger partial charge is 0.398 e. The van der Waals surface area contributed by atoms with Gasteiger partial charge >= 0.3 is 0 Å². The van der Waals surface area contributed by atoms with Crippen LogP contribution in [0.4, 0.5) is 5.69 Å². The van der Waals surface area contributed by atoms with Gasteiger partial charge in [0, 0.05) is 11.1 Å². The maximum absolute atomic E-state index is 6.24. The molecule has 0 unspecified atom stereocenters. The van der Waals surface area contributed by atoms with Crippen molar-refractivity contribution in [2.75, 3.05) is 5.73 Å². The van der Waals surface area contributed by atoms with Crippen molar-refractivity contribution in [3.05, 3.63) is 54.1 Å². The Morgan fingerprint density at radius 2 is 1.47 bits per heavy atom. The van der Waals surface area contributed by atoms with E-state index in [0.29, 0.717) is 0 Å². The van der Waals surface area contributed by atoms with Crippen LogP contribution in [-0.2, 0) is 6.42 Å². The third-order valence-corrected chi connectivity index (χ3v) is 4.12. The molecule has 92 valence electrons. The van der Waals surface area contributed by atoms with Crippen LogP contribution in [0.5, 0.6) is 0 Å². The maximum atomic E-state index is 6.24. The second kappa shape index (κ2) is 3.61. The summed E-state index contributed by atoms with van der Waals surface area (Å²) in [7, 11) is 0. The lowest BCUT2D eigenvalue weighted by Crippen LogP contribution is -1.94. The molecule has 0 atom stereocenters. The Balaban J connectivity index is 2.44. The number of hydrogen-bond acceptors (Lipinski definition) is 1. The van der Waals surface area contributed by atoms with Gasteiger partial charge in [-0.2, -0.15) is 0 Å². The molecule has 0 amide bonds. The summed E-state index contributed by atoms with van der Waals surface area (Å²) in [4.78, 5) is 0. The molecule has 0 aromatic heterocycles. The van der Waals surface area contributed by atoms with E-state index in [1.807, 2.05) is 6.07 Å². The number of aryl methyl sites for hydroxylation is 1. The quantitative estimate of drug-likeness (QED) is 0.381. The van der Waals surface area contributed by atoms with Crippen molar-refractivity contribution in [2.24, 2.45) is 0 Å². The van der Waals surface area contributed by atoms with Gasteiger partial charge in [0.05, 0.1) is 0 Å². The minimum Gasteiger partial charge on any atom is -0.398 e. The first-order valence-corrected chi connectivity index (χ1v) is 6.74. The van der Waals surface area contributed by atoms with Crippen molar-refractivity contribution >= 4 is 38.0 Å². The number of benzene rings is 4. The average molecular weight is 245 g/mol. The van der Waals surface area contributed by atoms with Crippen LogP contribution in [-0.4, -0.2) is 0 Å². The highest BCUT2D eigenvalue weighted by Gasteiger charge is 2.12. The highest BCUT2D eigenvalue weighted by atomic mass is 14.6. The van der Waals surface area contributed by atoms with Gasteiger partial charge in [0.25, 0.3) is 0 Å². The van der Waals surface area contributed by atoms with Crippen molar-refractivity contribution in [1.29, 1.82) is 0 Å². The molecule has 0 fully saturated rings. The van der Waals surface area contributed by atoms with E-state index in [1.54, 1.807) is 0 Å². The second-order valence-electron chi connectivity index (χ2n) is 5.16. The van der Waals surface area contributed by atoms with Gasteiger partial charge in [-0.15, -0.1) is 0 Å². The lowest BCUT2D eigenvalue weighted by atomic mass is 9.90. The number of rotatable bonds is 1. The zero-order valence-electron chi connectivity index (χ0n) is 10.9. The summed E-state index contributed by atoms with van der Waals surface area (Å²) < 4.78 is 0. The van der Waals surface area contributed by atoms with Crippen molar-refractivity contribution in [2.45, 2.75) is 13.3 Å². The van der Waals surface area contributed by atoms with Crippen LogP contribution in [0.25, 0.3) is 32.3 Å². The molecule has 1 heteroatoms. The average Bonchev–Trinajstić information content (AvgIpc) is 2.46. The van der Waals surface area contributed by atoms with Crippen molar-refractivity contribution in [3.8, 4) is 0 Å². The third-order valence-electron chi connectivity index (χ3n) is 4.12. The van der Waals surface area contributed by atoms with E-state index in [-0.39, 0.29) is 0 Å². The summed E-state index contributed by atoms with van der Waals surface area (Å²) in [5, 5.41) is 7.81. The SMILES string of the molecule is CCc1cc2cccc3ccc4ccc(N)c1c4c32. The molecule has 4 aromatic rings. The number of hydrogen-bond donors (Lipinski definition) is 1. The summed E-state index contributed by atoms with van der Waals surface area (Å²) in [5.41, 5.74) is 8.48. The van der Waals surface area contributed by atoms with Crippen molar-refractivity contribution in [1.82, 2.24) is 0 Å². The Kier molecular flexibility index (Phi) is 2.02. The lowest BCUT2D eigenvalue weighted by molar-refractivity contribution is 1.16. The summed E-state index contributed by atoms with van der Waals surface area (Å²) >= 11 is 0. The lowest BCUT2D eigenvalue weighted by Gasteiger charge is -2.15. The van der Waals surface area contributed by atoms with Crippen LogP contribution in [0.15, 0.2) is 48.5 Å². The topological polar surface area (TPSA) is 26.0 Å². The summed E-state index contributed by atoms with van der Waals surface area (Å²) in [6.07, 6.45) is 1.01. The number of nitrogen functional groups attached to an aromatic ring is 1. The fraction of sp³-hybridized carbons (Fsp3) is 0.111. The molecule has 0 aliphatic heterocycles. The Morgan fingerprint density at radius 1 is 0.789 bits per heavy atom. The van der Waals surface area contributed by atoms with E-state index in [4.69, 9.17) is 5.73 Å². The van der Waals surface area contributed by atoms with Crippen LogP contribution in [0.3, 0.4) is 0 Å². The fourth-order valence-corrected chi connectivity index (χ4v) is 3.24. The minimum atomic E-state index is 0.891. The molecule has 0 heterocycles. The molecule has 4 aromatic carbocycles. The first kappa shape index (κ1) is 10.6. The van der Waals surface area contributed by atoms with Crippen molar-refractivity contribution in [3.63, 3.8) is 0 Å². The van der Waals surface area contributed by atoms with Crippen LogP contribution in [0.2, 0.25) is 0 Å². The Morgan fingerprint density at radius 3 is 2.26 bits per heavy atom. The highest BCUT2D eigenvalue weighted by molar-refractivity contribution is 6.25. The fourth-order valence-electron chi connectivity index (χ4n) is 3.24. The smallest absolute Gasteiger partial charge is 0.0397 e. The predicted molar refractivity (Wildman–Crippen MR) is 83.9 cm³/mol. The minimum absolute atomic E-state index is 0.891. The van der Waals surface area contributed by atoms with E-state index in [1.165, 1.54) is 37.9 Å². The maximum Gasteiger partial charge on any atom is 0.0397 e. The summed E-state index contributed by atoms with van der Waals surface area (Å²) in [6.45, 7) is 2.19. The number of nitrogens with two attached hydrogens (primary N) is 1. The molecule has 0 saturated carbocycles. The van der Waals surface area contributed by atoms with Crippen molar-refractivity contribution < 1.29 is 0 Å². The van der Waals surface area contributed by atoms with Gasteiger partial charge in [0.1, 0.15) is 0 Å². The van der Waals surface area contributed by atoms with E-state index in [2.05, 4.69) is 49.4 Å². The molecule has 4 rings (SSSR count). The molecule has 19 heavy (non-hydrogen) atoms. The van der Waals surface area contributed by atoms with E-state index in [9.17, 15) is 0 Å². The first-order valence-electron chi connectivity index (χ1n) is 6.74. The number of anilines is 1. The Bertz CT molecular complexity index is 906. The molecule has 0 spiro atoms. The van der Waals surface area contributed by atoms with Crippen LogP contribution in [0.1, 0.15) is 12.5 Å². The van der Waals surface area contributed by atoms with Gasteiger partial charge < -0.3 is 5.73 Å². The molecular weight excluding hydrogens is 230 g/mol. The van der Waals surface area contributed by atoms with Crippen LogP contribution < -0.4 is 5.73 Å². The van der Waals surface area contributed by atoms with E-state index >= 15 is 0 Å². The highest BCUT2D eigenvalue weighted by Crippen LogP contribution is 2.39. The first-order chi connectivity index (χ1) is 9.29. The third kappa shape index (κ3) is 1.30. The van der Waals surface area contributed by atoms with Gasteiger partial charge in [-0.3, -0.25) is 0 Å². The molecule has 0 aliphatic carbocycles. The Hall–Kier alpha value is -2.28. The molecule has 0 bridgehead atoms. The van der Waals surface area contributed by atoms with E-state index < -0.39 is 0 Å². The zero-order valence-corrected chi connectivity index (χ0v) is 10.9. The van der Waals surface area contributed by atoms with Gasteiger partial charge in [-0.1, -0.05) is 49.4 Å². The molecule has 0 radical (unpaired) electrons. The van der Waals surface area contributed by atoms with Crippen LogP contribution >= 0.6 is 0 Å². The zero-order chi connectivity index (χ0) is 13.0. The molecule has 0 saturated heterocycles. The van der Waals surface area contributed by atoms with Gasteiger partial charge in [-0.05, 0) is 45.0 Å². The van der Waals surface area contributed by atoms with Gasteiger partial charge in [0.15, 0.2) is 0 Å². The Labute approximate surface area is 112 Å². The summed E-state index contributed by atoms with van der Waals surface area (Å²) in [6, 6.07) is 17.4. The normalized spacial score (nSPS) is 11.8. The molecule has 2 N–H and O–H groups in total. The monoisotopic (exact) mass is 245 g/mol. The molecular formula is C18H15N. The summed E-state index contributed by atoms with van der Waals surface area (Å²) in [5.74, 6) is 0. The molecule has 0 aliphatic rings. The van der Waals surface area contributed by atoms with Gasteiger partial charge in [-0.25, -0.2) is 0 Å². The van der Waals surface area contributed by atoms with Gasteiger partial charge in [0.2, 0.25) is 0 Å². The standard InChI is InChI=1S/C18H15N/c1-2-11-10-14-5-3-4-12-6-7-13-8-9-15(19)17(11)18(13)16(12)14/h3-10H,2,19H2,1H3. The van der Waals surface area contributed by atoms with E-state index in [0.717, 1.165) is 12.1 Å². The molecule has 1 nitrogen and oxygen atoms in total. The van der Waals surface area contributed by atoms with Crippen LogP contribution in [0, 0.1) is 0 Å². The second-order valence-corrected chi connectivity index (χ2v) is 5.16.